The van der Waals surface area contributed by atoms with E-state index in [2.05, 4.69) is 35.7 Å². The largest absolute Gasteiger partial charge is 0.316 e. The highest BCUT2D eigenvalue weighted by Gasteiger charge is 2.14. The minimum absolute atomic E-state index is 0.367. The van der Waals surface area contributed by atoms with Crippen molar-refractivity contribution >= 4 is 11.9 Å². The third-order valence-electron chi connectivity index (χ3n) is 2.92. The summed E-state index contributed by atoms with van der Waals surface area (Å²) in [6.45, 7) is 0.884. The molecule has 0 bridgehead atoms. The van der Waals surface area contributed by atoms with Gasteiger partial charge in [-0.25, -0.2) is 0 Å². The number of rotatable bonds is 3. The molecule has 1 aliphatic rings. The Bertz CT molecular complexity index is 421. The quantitative estimate of drug-likeness (QED) is 0.835. The van der Waals surface area contributed by atoms with Gasteiger partial charge in [-0.05, 0) is 30.2 Å². The Kier molecular flexibility index (Phi) is 3.52. The van der Waals surface area contributed by atoms with Gasteiger partial charge in [0.1, 0.15) is 5.78 Å². The summed E-state index contributed by atoms with van der Waals surface area (Å²) < 4.78 is 0. The van der Waals surface area contributed by atoms with E-state index in [1.807, 2.05) is 7.05 Å². The van der Waals surface area contributed by atoms with Crippen LogP contribution in [0, 0.1) is 0 Å². The van der Waals surface area contributed by atoms with Crippen molar-refractivity contribution in [3.8, 4) is 0 Å². The summed E-state index contributed by atoms with van der Waals surface area (Å²) in [6.07, 6.45) is 6.46. The summed E-state index contributed by atoms with van der Waals surface area (Å²) in [5, 5.41) is 3.07. The van der Waals surface area contributed by atoms with E-state index in [-0.39, 0.29) is 0 Å². The van der Waals surface area contributed by atoms with Crippen molar-refractivity contribution in [2.24, 2.45) is 0 Å². The Morgan fingerprint density at radius 1 is 1.31 bits per heavy atom. The fourth-order valence-electron chi connectivity index (χ4n) is 2.04. The molecule has 0 atom stereocenters. The highest BCUT2D eigenvalue weighted by Crippen LogP contribution is 2.21. The fourth-order valence-corrected chi connectivity index (χ4v) is 2.04. The maximum atomic E-state index is 11.3. The molecule has 84 valence electrons. The molecule has 0 fully saturated rings. The van der Waals surface area contributed by atoms with Crippen LogP contribution < -0.4 is 5.32 Å². The molecule has 1 aromatic rings. The number of aryl methyl sites for hydroxylation is 1. The van der Waals surface area contributed by atoms with E-state index in [0.717, 1.165) is 13.0 Å². The van der Waals surface area contributed by atoms with Gasteiger partial charge in [0.25, 0.3) is 0 Å². The monoisotopic (exact) mass is 215 g/mol. The van der Waals surface area contributed by atoms with Crippen molar-refractivity contribution < 1.29 is 4.79 Å². The van der Waals surface area contributed by atoms with E-state index >= 15 is 0 Å². The van der Waals surface area contributed by atoms with Gasteiger partial charge in [0.2, 0.25) is 0 Å². The number of fused-ring (bicyclic) bond motifs is 1. The zero-order valence-corrected chi connectivity index (χ0v) is 9.62. The number of carbonyl (C=O) groups excluding carboxylic acids is 1. The summed E-state index contributed by atoms with van der Waals surface area (Å²) >= 11 is 0. The first-order chi connectivity index (χ1) is 7.79. The Hall–Kier alpha value is -1.41. The number of carbonyl (C=O) groups is 1. The highest BCUT2D eigenvalue weighted by molar-refractivity contribution is 5.83. The van der Waals surface area contributed by atoms with E-state index in [1.165, 1.54) is 16.7 Å². The summed E-state index contributed by atoms with van der Waals surface area (Å²) in [5.74, 6) is 0.367. The van der Waals surface area contributed by atoms with Crippen LogP contribution in [0.25, 0.3) is 6.08 Å². The molecule has 0 saturated carbocycles. The molecule has 0 aromatic heterocycles. The number of hydrogen-bond acceptors (Lipinski definition) is 2. The zero-order chi connectivity index (χ0) is 11.4. The second-order valence-corrected chi connectivity index (χ2v) is 4.20. The number of hydrogen-bond donors (Lipinski definition) is 1. The number of benzene rings is 1. The predicted molar refractivity (Wildman–Crippen MR) is 66.4 cm³/mol. The Balaban J connectivity index is 2.16. The minimum Gasteiger partial charge on any atom is -0.316 e. The number of likely N-dealkylation sites (N-methyl/N-ethyl adjacent to an activating group) is 1. The average Bonchev–Trinajstić information content (AvgIpc) is 2.29. The van der Waals surface area contributed by atoms with Gasteiger partial charge < -0.3 is 5.32 Å². The number of Topliss-reactive ketones (excluding diaryl/α,β-unsaturated/α-hetero) is 1. The molecular formula is C14H17NO. The van der Waals surface area contributed by atoms with E-state index in [0.29, 0.717) is 18.6 Å². The molecule has 1 aromatic carbocycles. The summed E-state index contributed by atoms with van der Waals surface area (Å²) in [7, 11) is 1.93. The molecule has 0 spiro atoms. The Morgan fingerprint density at radius 2 is 2.19 bits per heavy atom. The van der Waals surface area contributed by atoms with Crippen LogP contribution in [0.15, 0.2) is 24.3 Å². The Labute approximate surface area is 96.4 Å². The first-order valence-corrected chi connectivity index (χ1v) is 5.74. The van der Waals surface area contributed by atoms with E-state index < -0.39 is 0 Å². The number of nitrogens with one attached hydrogen (secondary N) is 1. The van der Waals surface area contributed by atoms with Crippen molar-refractivity contribution in [3.63, 3.8) is 0 Å². The third kappa shape index (κ3) is 2.58. The van der Waals surface area contributed by atoms with Gasteiger partial charge in [0.15, 0.2) is 0 Å². The average molecular weight is 215 g/mol. The van der Waals surface area contributed by atoms with E-state index in [9.17, 15) is 4.79 Å². The minimum atomic E-state index is 0.367. The Morgan fingerprint density at radius 3 is 3.00 bits per heavy atom. The topological polar surface area (TPSA) is 29.1 Å². The molecule has 0 saturated heterocycles. The molecule has 0 unspecified atom stereocenters. The molecule has 2 rings (SSSR count). The lowest BCUT2D eigenvalue weighted by Crippen LogP contribution is -2.13. The second-order valence-electron chi connectivity index (χ2n) is 4.20. The van der Waals surface area contributed by atoms with Crippen LogP contribution in [0.5, 0.6) is 0 Å². The van der Waals surface area contributed by atoms with Gasteiger partial charge in [-0.2, -0.15) is 0 Å². The smallest absolute Gasteiger partial charge is 0.137 e. The van der Waals surface area contributed by atoms with Crippen molar-refractivity contribution in [2.45, 2.75) is 19.3 Å². The van der Waals surface area contributed by atoms with Crippen molar-refractivity contribution in [3.05, 3.63) is 41.0 Å². The lowest BCUT2D eigenvalue weighted by Gasteiger charge is -2.15. The maximum Gasteiger partial charge on any atom is 0.137 e. The van der Waals surface area contributed by atoms with Gasteiger partial charge in [-0.3, -0.25) is 4.79 Å². The van der Waals surface area contributed by atoms with Gasteiger partial charge >= 0.3 is 0 Å². The molecular weight excluding hydrogens is 198 g/mol. The van der Waals surface area contributed by atoms with E-state index in [4.69, 9.17) is 0 Å². The van der Waals surface area contributed by atoms with Crippen LogP contribution in [0.3, 0.4) is 0 Å². The molecule has 2 nitrogen and oxygen atoms in total. The molecule has 0 heterocycles. The summed E-state index contributed by atoms with van der Waals surface area (Å²) in [4.78, 5) is 11.3. The van der Waals surface area contributed by atoms with Gasteiger partial charge in [0, 0.05) is 19.4 Å². The fraction of sp³-hybridized carbons (Fsp3) is 0.357. The van der Waals surface area contributed by atoms with Crippen molar-refractivity contribution in [1.29, 1.82) is 0 Å². The SMILES string of the molecule is CNCC=Cc1ccc2c(c1)CCC(=O)C2. The molecule has 0 radical (unpaired) electrons. The summed E-state index contributed by atoms with van der Waals surface area (Å²) in [6, 6.07) is 6.38. The predicted octanol–water partition coefficient (Wildman–Crippen LogP) is 1.98. The van der Waals surface area contributed by atoms with Crippen molar-refractivity contribution in [1.82, 2.24) is 5.32 Å². The molecule has 16 heavy (non-hydrogen) atoms. The normalized spacial score (nSPS) is 15.4. The molecule has 0 aliphatic heterocycles. The van der Waals surface area contributed by atoms with Gasteiger partial charge in [-0.15, -0.1) is 0 Å². The lowest BCUT2D eigenvalue weighted by atomic mass is 9.89. The number of ketones is 1. The molecule has 2 heteroatoms. The van der Waals surface area contributed by atoms with Crippen LogP contribution in [0.4, 0.5) is 0 Å². The van der Waals surface area contributed by atoms with Crippen LogP contribution in [-0.4, -0.2) is 19.4 Å². The van der Waals surface area contributed by atoms with Gasteiger partial charge in [0.05, 0.1) is 0 Å². The summed E-state index contributed by atoms with van der Waals surface area (Å²) in [5.41, 5.74) is 3.77. The standard InChI is InChI=1S/C14H17NO/c1-15-8-2-3-11-4-5-13-10-14(16)7-6-12(13)9-11/h2-5,9,15H,6-8,10H2,1H3. The van der Waals surface area contributed by atoms with Crippen LogP contribution in [0.1, 0.15) is 23.1 Å². The van der Waals surface area contributed by atoms with Crippen LogP contribution >= 0.6 is 0 Å². The van der Waals surface area contributed by atoms with Gasteiger partial charge in [-0.1, -0.05) is 30.4 Å². The maximum absolute atomic E-state index is 11.3. The van der Waals surface area contributed by atoms with E-state index in [1.54, 1.807) is 0 Å². The lowest BCUT2D eigenvalue weighted by molar-refractivity contribution is -0.118. The second kappa shape index (κ2) is 5.08. The van der Waals surface area contributed by atoms with Crippen molar-refractivity contribution in [2.75, 3.05) is 13.6 Å². The molecule has 1 N–H and O–H groups in total. The van der Waals surface area contributed by atoms with Crippen LogP contribution in [-0.2, 0) is 17.6 Å². The molecule has 0 amide bonds. The van der Waals surface area contributed by atoms with Crippen LogP contribution in [0.2, 0.25) is 0 Å². The highest BCUT2D eigenvalue weighted by atomic mass is 16.1. The zero-order valence-electron chi connectivity index (χ0n) is 9.62. The third-order valence-corrected chi connectivity index (χ3v) is 2.92. The molecule has 1 aliphatic carbocycles. The first-order valence-electron chi connectivity index (χ1n) is 5.74. The first kappa shape index (κ1) is 11.1.